The van der Waals surface area contributed by atoms with Gasteiger partial charge in [0, 0.05) is 37.2 Å². The Hall–Kier alpha value is -3.47. The van der Waals surface area contributed by atoms with Crippen LogP contribution in [-0.2, 0) is 19.2 Å². The van der Waals surface area contributed by atoms with Crippen molar-refractivity contribution >= 4 is 35.3 Å². The summed E-state index contributed by atoms with van der Waals surface area (Å²) in [7, 11) is 0. The van der Waals surface area contributed by atoms with E-state index in [1.165, 1.54) is 19.1 Å². The fourth-order valence-electron chi connectivity index (χ4n) is 5.15. The van der Waals surface area contributed by atoms with Crippen molar-refractivity contribution in [3.8, 4) is 0 Å². The Morgan fingerprint density at radius 3 is 2.35 bits per heavy atom. The van der Waals surface area contributed by atoms with E-state index in [0.29, 0.717) is 43.8 Å². The molecule has 0 aliphatic carbocycles. The highest BCUT2D eigenvalue weighted by Gasteiger charge is 2.39. The molecule has 11 nitrogen and oxygen atoms in total. The Bertz CT molecular complexity index is 1070. The van der Waals surface area contributed by atoms with Crippen LogP contribution in [0.5, 0.6) is 0 Å². The van der Waals surface area contributed by atoms with Gasteiger partial charge in [-0.05, 0) is 88.2 Å². The molecule has 0 radical (unpaired) electrons. The number of benzene rings is 1. The minimum Gasteiger partial charge on any atom is -0.478 e. The summed E-state index contributed by atoms with van der Waals surface area (Å²) in [5.41, 5.74) is -1.37. The number of piperidine rings is 2. The number of carboxylic acids is 1. The van der Waals surface area contributed by atoms with Gasteiger partial charge in [0.2, 0.25) is 23.4 Å². The Labute approximate surface area is 235 Å². The van der Waals surface area contributed by atoms with Gasteiger partial charge in [-0.2, -0.15) is 0 Å². The lowest BCUT2D eigenvalue weighted by Crippen LogP contribution is -2.65. The second kappa shape index (κ2) is 14.2. The third kappa shape index (κ3) is 9.04. The smallest absolute Gasteiger partial charge is 0.350 e. The van der Waals surface area contributed by atoms with Crippen molar-refractivity contribution in [2.24, 2.45) is 17.8 Å². The molecule has 1 aromatic rings. The van der Waals surface area contributed by atoms with E-state index in [9.17, 15) is 29.1 Å². The van der Waals surface area contributed by atoms with Crippen molar-refractivity contribution in [3.63, 3.8) is 0 Å². The van der Waals surface area contributed by atoms with Gasteiger partial charge in [0.05, 0.1) is 5.92 Å². The van der Waals surface area contributed by atoms with E-state index in [0.717, 1.165) is 32.4 Å². The molecule has 2 fully saturated rings. The first-order chi connectivity index (χ1) is 19.0. The van der Waals surface area contributed by atoms with E-state index in [1.807, 2.05) is 13.8 Å². The highest BCUT2D eigenvalue weighted by Crippen LogP contribution is 2.22. The van der Waals surface area contributed by atoms with Crippen LogP contribution in [0.1, 0.15) is 76.1 Å². The quantitative estimate of drug-likeness (QED) is 0.261. The third-order valence-electron chi connectivity index (χ3n) is 7.56. The van der Waals surface area contributed by atoms with E-state index >= 15 is 0 Å². The van der Waals surface area contributed by atoms with Crippen LogP contribution in [0.15, 0.2) is 24.3 Å². The molecule has 11 heteroatoms. The number of rotatable bonds is 11. The average Bonchev–Trinajstić information content (AvgIpc) is 2.92. The second-order valence-electron chi connectivity index (χ2n) is 11.5. The van der Waals surface area contributed by atoms with Crippen LogP contribution >= 0.6 is 0 Å². The van der Waals surface area contributed by atoms with Gasteiger partial charge in [0.25, 0.3) is 5.91 Å². The zero-order chi connectivity index (χ0) is 29.3. The molecule has 2 heterocycles. The van der Waals surface area contributed by atoms with E-state index in [-0.39, 0.29) is 29.8 Å². The average molecular weight is 558 g/mol. The van der Waals surface area contributed by atoms with Gasteiger partial charge in [0.1, 0.15) is 0 Å². The first kappa shape index (κ1) is 31.1. The van der Waals surface area contributed by atoms with Gasteiger partial charge < -0.3 is 31.3 Å². The monoisotopic (exact) mass is 557 g/mol. The summed E-state index contributed by atoms with van der Waals surface area (Å²) in [4.78, 5) is 64.6. The fraction of sp³-hybridized carbons (Fsp3) is 0.621. The summed E-state index contributed by atoms with van der Waals surface area (Å²) in [5.74, 6) is -2.58. The number of hydrogen-bond acceptors (Lipinski definition) is 6. The molecule has 2 atom stereocenters. The van der Waals surface area contributed by atoms with Gasteiger partial charge in [-0.1, -0.05) is 13.8 Å². The highest BCUT2D eigenvalue weighted by molar-refractivity contribution is 5.99. The molecule has 4 amide bonds. The lowest BCUT2D eigenvalue weighted by atomic mass is 9.92. The van der Waals surface area contributed by atoms with Gasteiger partial charge in [-0.15, -0.1) is 0 Å². The number of amides is 4. The normalized spacial score (nSPS) is 19.4. The number of carboxylic acid groups (broad SMARTS) is 1. The van der Waals surface area contributed by atoms with Crippen LogP contribution in [0.25, 0.3) is 0 Å². The van der Waals surface area contributed by atoms with Crippen molar-refractivity contribution in [1.82, 2.24) is 20.9 Å². The van der Waals surface area contributed by atoms with E-state index < -0.39 is 29.4 Å². The molecule has 2 saturated heterocycles. The van der Waals surface area contributed by atoms with Crippen LogP contribution in [0.4, 0.5) is 5.69 Å². The number of nitrogens with zero attached hydrogens (tertiary/aromatic N) is 1. The largest absolute Gasteiger partial charge is 0.478 e. The molecular formula is C29H43N5O6. The molecule has 0 spiro atoms. The number of anilines is 1. The number of aliphatic carboxylic acids is 1. The maximum atomic E-state index is 13.1. The molecule has 1 unspecified atom stereocenters. The predicted molar refractivity (Wildman–Crippen MR) is 150 cm³/mol. The standard InChI is InChI=1S/C29H43N5O6/c1-19(2)17-24(35)31-23-9-7-21(8-10-23)26(37)32-29(3,28(39)40)33-27(38)22-5-4-16-34(18-22)25(36)11-6-20-12-14-30-15-13-20/h7-10,19-20,22,30H,4-6,11-18H2,1-3H3,(H,31,35)(H,32,37)(H,33,38)(H,39,40)/t22?,29-/m0/s1. The third-order valence-corrected chi connectivity index (χ3v) is 7.56. The van der Waals surface area contributed by atoms with E-state index in [4.69, 9.17) is 0 Å². The van der Waals surface area contributed by atoms with Crippen molar-refractivity contribution in [2.75, 3.05) is 31.5 Å². The molecule has 40 heavy (non-hydrogen) atoms. The van der Waals surface area contributed by atoms with Crippen LogP contribution in [0, 0.1) is 17.8 Å². The molecule has 5 N–H and O–H groups in total. The maximum Gasteiger partial charge on any atom is 0.350 e. The molecule has 1 aromatic carbocycles. The van der Waals surface area contributed by atoms with Gasteiger partial charge in [-0.3, -0.25) is 19.2 Å². The Morgan fingerprint density at radius 2 is 1.73 bits per heavy atom. The first-order valence-corrected chi connectivity index (χ1v) is 14.2. The minimum atomic E-state index is -2.06. The zero-order valence-electron chi connectivity index (χ0n) is 23.8. The summed E-state index contributed by atoms with van der Waals surface area (Å²) in [5, 5.41) is 20.9. The predicted octanol–water partition coefficient (Wildman–Crippen LogP) is 2.34. The SMILES string of the molecule is CC(C)CC(=O)Nc1ccc(C(=O)N[C@@](C)(NC(=O)C2CCCN(C(=O)CCC3CCNCC3)C2)C(=O)O)cc1. The zero-order valence-corrected chi connectivity index (χ0v) is 23.8. The fourth-order valence-corrected chi connectivity index (χ4v) is 5.15. The number of nitrogens with one attached hydrogen (secondary N) is 4. The number of likely N-dealkylation sites (tertiary alicyclic amines) is 1. The van der Waals surface area contributed by atoms with Crippen LogP contribution in [-0.4, -0.2) is 71.4 Å². The minimum absolute atomic E-state index is 0.0224. The summed E-state index contributed by atoms with van der Waals surface area (Å²) in [6.45, 7) is 7.85. The van der Waals surface area contributed by atoms with Crippen molar-refractivity contribution in [2.45, 2.75) is 71.4 Å². The number of carbonyl (C=O) groups excluding carboxylic acids is 4. The summed E-state index contributed by atoms with van der Waals surface area (Å²) in [6, 6.07) is 6.06. The molecule has 0 bridgehead atoms. The lowest BCUT2D eigenvalue weighted by molar-refractivity contribution is -0.149. The topological polar surface area (TPSA) is 157 Å². The highest BCUT2D eigenvalue weighted by atomic mass is 16.4. The van der Waals surface area contributed by atoms with Crippen LogP contribution in [0.2, 0.25) is 0 Å². The van der Waals surface area contributed by atoms with Crippen molar-refractivity contribution in [3.05, 3.63) is 29.8 Å². The summed E-state index contributed by atoms with van der Waals surface area (Å²) < 4.78 is 0. The van der Waals surface area contributed by atoms with E-state index in [2.05, 4.69) is 21.3 Å². The van der Waals surface area contributed by atoms with Gasteiger partial charge in [0.15, 0.2) is 0 Å². The summed E-state index contributed by atoms with van der Waals surface area (Å²) >= 11 is 0. The molecule has 0 saturated carbocycles. The molecule has 220 valence electrons. The first-order valence-electron chi connectivity index (χ1n) is 14.2. The van der Waals surface area contributed by atoms with Crippen LogP contribution < -0.4 is 21.3 Å². The Kier molecular flexibility index (Phi) is 11.1. The molecular weight excluding hydrogens is 514 g/mol. The number of hydrogen-bond donors (Lipinski definition) is 5. The number of carbonyl (C=O) groups is 5. The molecule has 2 aliphatic heterocycles. The Balaban J connectivity index is 1.55. The maximum absolute atomic E-state index is 13.1. The molecule has 0 aromatic heterocycles. The van der Waals surface area contributed by atoms with Crippen LogP contribution in [0.3, 0.4) is 0 Å². The molecule has 3 rings (SSSR count). The second-order valence-corrected chi connectivity index (χ2v) is 11.5. The van der Waals surface area contributed by atoms with E-state index in [1.54, 1.807) is 17.0 Å². The van der Waals surface area contributed by atoms with Gasteiger partial charge in [-0.25, -0.2) is 4.79 Å². The Morgan fingerprint density at radius 1 is 1.05 bits per heavy atom. The van der Waals surface area contributed by atoms with Crippen molar-refractivity contribution < 1.29 is 29.1 Å². The molecule has 2 aliphatic rings. The van der Waals surface area contributed by atoms with Crippen molar-refractivity contribution in [1.29, 1.82) is 0 Å². The summed E-state index contributed by atoms with van der Waals surface area (Å²) in [6.07, 6.45) is 4.95. The lowest BCUT2D eigenvalue weighted by Gasteiger charge is -2.35. The van der Waals surface area contributed by atoms with Gasteiger partial charge >= 0.3 is 5.97 Å².